The summed E-state index contributed by atoms with van der Waals surface area (Å²) in [6, 6.07) is 8.21. The molecule has 0 amide bonds. The number of nitrogens with zero attached hydrogens (tertiary/aromatic N) is 4. The first-order valence-electron chi connectivity index (χ1n) is 7.94. The van der Waals surface area contributed by atoms with Crippen LogP contribution in [0.4, 0.5) is 19.1 Å². The van der Waals surface area contributed by atoms with E-state index in [1.54, 1.807) is 0 Å². The predicted molar refractivity (Wildman–Crippen MR) is 86.0 cm³/mol. The van der Waals surface area contributed by atoms with Gasteiger partial charge >= 0.3 is 12.1 Å². The van der Waals surface area contributed by atoms with Crippen LogP contribution in [0.25, 0.3) is 11.4 Å². The molecular formula is C17H14F3N5O. The summed E-state index contributed by atoms with van der Waals surface area (Å²) in [5.41, 5.74) is 2.39. The van der Waals surface area contributed by atoms with Gasteiger partial charge in [-0.1, -0.05) is 35.0 Å². The van der Waals surface area contributed by atoms with Crippen LogP contribution in [0.2, 0.25) is 0 Å². The molecule has 1 aliphatic rings. The molecule has 1 N–H and O–H groups in total. The highest BCUT2D eigenvalue weighted by Gasteiger charge is 2.45. The van der Waals surface area contributed by atoms with Gasteiger partial charge < -0.3 is 9.84 Å². The number of benzene rings is 1. The van der Waals surface area contributed by atoms with Crippen LogP contribution in [0.1, 0.15) is 29.9 Å². The summed E-state index contributed by atoms with van der Waals surface area (Å²) in [7, 11) is 0. The highest BCUT2D eigenvalue weighted by atomic mass is 19.4. The molecule has 2 heterocycles. The third-order valence-corrected chi connectivity index (χ3v) is 4.25. The van der Waals surface area contributed by atoms with Crippen LogP contribution in [0.15, 0.2) is 41.2 Å². The molecule has 1 aromatic carbocycles. The summed E-state index contributed by atoms with van der Waals surface area (Å²) in [6.45, 7) is 2.03. The summed E-state index contributed by atoms with van der Waals surface area (Å²) < 4.78 is 41.8. The highest BCUT2D eigenvalue weighted by Crippen LogP contribution is 2.47. The zero-order chi connectivity index (χ0) is 18.4. The molecule has 1 saturated carbocycles. The van der Waals surface area contributed by atoms with Gasteiger partial charge in [0, 0.05) is 12.4 Å². The lowest BCUT2D eigenvalue weighted by Crippen LogP contribution is -2.20. The standard InChI is InChI=1S/C17H14F3N5O/c1-10-3-2-4-12(7-10)16(5-6-16)24-15-21-8-11(9-22-15)13-23-14(26-25-13)17(18,19)20/h2-4,7-9H,5-6H2,1H3,(H,21,22,24). The van der Waals surface area contributed by atoms with E-state index in [2.05, 4.69) is 42.1 Å². The van der Waals surface area contributed by atoms with Crippen molar-refractivity contribution in [1.82, 2.24) is 20.1 Å². The monoisotopic (exact) mass is 361 g/mol. The van der Waals surface area contributed by atoms with Crippen molar-refractivity contribution in [2.24, 2.45) is 0 Å². The molecule has 0 atom stereocenters. The maximum absolute atomic E-state index is 12.5. The maximum Gasteiger partial charge on any atom is 0.471 e. The van der Waals surface area contributed by atoms with Gasteiger partial charge in [-0.3, -0.25) is 0 Å². The summed E-state index contributed by atoms with van der Waals surface area (Å²) >= 11 is 0. The zero-order valence-electron chi connectivity index (χ0n) is 13.7. The van der Waals surface area contributed by atoms with Crippen molar-refractivity contribution in [1.29, 1.82) is 0 Å². The van der Waals surface area contributed by atoms with Crippen molar-refractivity contribution in [3.63, 3.8) is 0 Å². The molecule has 6 nitrogen and oxygen atoms in total. The van der Waals surface area contributed by atoms with E-state index in [-0.39, 0.29) is 16.9 Å². The number of alkyl halides is 3. The molecule has 0 bridgehead atoms. The average molecular weight is 361 g/mol. The minimum Gasteiger partial charge on any atom is -0.345 e. The Balaban J connectivity index is 1.53. The summed E-state index contributed by atoms with van der Waals surface area (Å²) in [6.07, 6.45) is -0.0260. The fourth-order valence-corrected chi connectivity index (χ4v) is 2.73. The first-order chi connectivity index (χ1) is 12.4. The fraction of sp³-hybridized carbons (Fsp3) is 0.294. The molecule has 3 aromatic rings. The van der Waals surface area contributed by atoms with E-state index < -0.39 is 12.1 Å². The lowest BCUT2D eigenvalue weighted by Gasteiger charge is -2.18. The second-order valence-electron chi connectivity index (χ2n) is 6.29. The second-order valence-corrected chi connectivity index (χ2v) is 6.29. The predicted octanol–water partition coefficient (Wildman–Crippen LogP) is 3.96. The SMILES string of the molecule is Cc1cccc(C2(Nc3ncc(-c4noc(C(F)(F)F)n4)cn3)CC2)c1. The smallest absolute Gasteiger partial charge is 0.345 e. The lowest BCUT2D eigenvalue weighted by atomic mass is 10.0. The number of hydrogen-bond acceptors (Lipinski definition) is 6. The Hall–Kier alpha value is -2.97. The Kier molecular flexibility index (Phi) is 3.67. The number of rotatable bonds is 4. The van der Waals surface area contributed by atoms with Crippen LogP contribution in [0.5, 0.6) is 0 Å². The molecule has 1 fully saturated rings. The Morgan fingerprint density at radius 1 is 1.15 bits per heavy atom. The number of anilines is 1. The van der Waals surface area contributed by atoms with E-state index in [1.807, 2.05) is 19.1 Å². The molecule has 2 aromatic heterocycles. The fourth-order valence-electron chi connectivity index (χ4n) is 2.73. The number of aromatic nitrogens is 4. The zero-order valence-corrected chi connectivity index (χ0v) is 13.7. The van der Waals surface area contributed by atoms with Crippen molar-refractivity contribution in [2.75, 3.05) is 5.32 Å². The topological polar surface area (TPSA) is 76.7 Å². The Bertz CT molecular complexity index is 932. The van der Waals surface area contributed by atoms with Gasteiger partial charge in [-0.2, -0.15) is 18.2 Å². The van der Waals surface area contributed by atoms with Gasteiger partial charge in [0.1, 0.15) is 0 Å². The number of halogens is 3. The molecule has 1 aliphatic carbocycles. The summed E-state index contributed by atoms with van der Waals surface area (Å²) in [4.78, 5) is 11.7. The quantitative estimate of drug-likeness (QED) is 0.758. The molecule has 4 rings (SSSR count). The van der Waals surface area contributed by atoms with E-state index >= 15 is 0 Å². The van der Waals surface area contributed by atoms with Crippen molar-refractivity contribution in [3.8, 4) is 11.4 Å². The van der Waals surface area contributed by atoms with Gasteiger partial charge in [-0.05, 0) is 25.3 Å². The van der Waals surface area contributed by atoms with Crippen LogP contribution in [-0.4, -0.2) is 20.1 Å². The normalized spacial score (nSPS) is 15.7. The number of nitrogens with one attached hydrogen (secondary N) is 1. The van der Waals surface area contributed by atoms with E-state index in [0.717, 1.165) is 18.4 Å². The molecule has 26 heavy (non-hydrogen) atoms. The van der Waals surface area contributed by atoms with Gasteiger partial charge in [0.15, 0.2) is 0 Å². The molecular weight excluding hydrogens is 347 g/mol. The molecule has 134 valence electrons. The van der Waals surface area contributed by atoms with Crippen molar-refractivity contribution >= 4 is 5.95 Å². The average Bonchev–Trinajstić information content (AvgIpc) is 3.19. The highest BCUT2D eigenvalue weighted by molar-refractivity contribution is 5.53. The van der Waals surface area contributed by atoms with E-state index in [4.69, 9.17) is 0 Å². The van der Waals surface area contributed by atoms with Crippen LogP contribution in [-0.2, 0) is 11.7 Å². The van der Waals surface area contributed by atoms with Crippen molar-refractivity contribution in [3.05, 3.63) is 53.7 Å². The van der Waals surface area contributed by atoms with Gasteiger partial charge in [-0.15, -0.1) is 0 Å². The molecule has 0 unspecified atom stereocenters. The Morgan fingerprint density at radius 3 is 2.46 bits per heavy atom. The number of aryl methyl sites for hydroxylation is 1. The molecule has 0 saturated heterocycles. The van der Waals surface area contributed by atoms with E-state index in [1.165, 1.54) is 18.0 Å². The van der Waals surface area contributed by atoms with Crippen molar-refractivity contribution in [2.45, 2.75) is 31.5 Å². The molecule has 0 radical (unpaired) electrons. The lowest BCUT2D eigenvalue weighted by molar-refractivity contribution is -0.159. The first kappa shape index (κ1) is 16.5. The summed E-state index contributed by atoms with van der Waals surface area (Å²) in [5, 5.41) is 6.63. The molecule has 0 aliphatic heterocycles. The van der Waals surface area contributed by atoms with E-state index in [9.17, 15) is 13.2 Å². The van der Waals surface area contributed by atoms with Crippen LogP contribution in [0, 0.1) is 6.92 Å². The van der Waals surface area contributed by atoms with Gasteiger partial charge in [-0.25, -0.2) is 9.97 Å². The minimum atomic E-state index is -4.68. The molecule has 0 spiro atoms. The largest absolute Gasteiger partial charge is 0.471 e. The van der Waals surface area contributed by atoms with Gasteiger partial charge in [0.2, 0.25) is 11.8 Å². The third-order valence-electron chi connectivity index (χ3n) is 4.25. The summed E-state index contributed by atoms with van der Waals surface area (Å²) in [5.74, 6) is -1.21. The Labute approximate surface area is 146 Å². The Morgan fingerprint density at radius 2 is 1.88 bits per heavy atom. The van der Waals surface area contributed by atoms with Crippen molar-refractivity contribution < 1.29 is 17.7 Å². The van der Waals surface area contributed by atoms with Gasteiger partial charge in [0.05, 0.1) is 11.1 Å². The second kappa shape index (κ2) is 5.79. The first-order valence-corrected chi connectivity index (χ1v) is 7.94. The minimum absolute atomic E-state index is 0.191. The third kappa shape index (κ3) is 3.12. The maximum atomic E-state index is 12.5. The molecule has 9 heteroatoms. The van der Waals surface area contributed by atoms with Crippen LogP contribution < -0.4 is 5.32 Å². The van der Waals surface area contributed by atoms with Crippen LogP contribution >= 0.6 is 0 Å². The van der Waals surface area contributed by atoms with Crippen LogP contribution in [0.3, 0.4) is 0 Å². The number of hydrogen-bond donors (Lipinski definition) is 1. The van der Waals surface area contributed by atoms with E-state index in [0.29, 0.717) is 5.95 Å². The van der Waals surface area contributed by atoms with Gasteiger partial charge in [0.25, 0.3) is 0 Å².